The Morgan fingerprint density at radius 3 is 2.69 bits per heavy atom. The first-order chi connectivity index (χ1) is 15.5. The molecule has 9 nitrogen and oxygen atoms in total. The molecule has 0 fully saturated rings. The summed E-state index contributed by atoms with van der Waals surface area (Å²) in [7, 11) is -2.50. The van der Waals surface area contributed by atoms with Gasteiger partial charge in [0, 0.05) is 5.56 Å². The number of nitrogens with zero attached hydrogens (tertiary/aromatic N) is 1. The number of rotatable bonds is 7. The number of hydrogen-bond acceptors (Lipinski definition) is 7. The van der Waals surface area contributed by atoms with Crippen LogP contribution in [-0.2, 0) is 10.0 Å². The highest BCUT2D eigenvalue weighted by Crippen LogP contribution is 2.32. The number of para-hydroxylation sites is 2. The summed E-state index contributed by atoms with van der Waals surface area (Å²) in [6.45, 7) is 0.165. The lowest BCUT2D eigenvalue weighted by Gasteiger charge is -2.12. The zero-order chi connectivity index (χ0) is 22.6. The standard InChI is InChI=1S/C22H19N3O6S/c1-29-19-8-3-2-7-18(19)25-32(27,28)17-6-4-5-16(12-17)22(26)24-23-13-15-9-10-20-21(11-15)31-14-30-20/h2-13,25H,14H2,1H3,(H,24,26). The second kappa shape index (κ2) is 8.98. The second-order valence-corrected chi connectivity index (χ2v) is 8.33. The fourth-order valence-electron chi connectivity index (χ4n) is 2.96. The highest BCUT2D eigenvalue weighted by Gasteiger charge is 2.18. The topological polar surface area (TPSA) is 115 Å². The van der Waals surface area contributed by atoms with Gasteiger partial charge in [0.1, 0.15) is 5.75 Å². The van der Waals surface area contributed by atoms with Gasteiger partial charge in [0.25, 0.3) is 15.9 Å². The second-order valence-electron chi connectivity index (χ2n) is 6.65. The van der Waals surface area contributed by atoms with E-state index >= 15 is 0 Å². The average molecular weight is 453 g/mol. The van der Waals surface area contributed by atoms with Crippen molar-refractivity contribution in [2.75, 3.05) is 18.6 Å². The van der Waals surface area contributed by atoms with Crippen LogP contribution in [0.15, 0.2) is 76.7 Å². The van der Waals surface area contributed by atoms with Crippen molar-refractivity contribution < 1.29 is 27.4 Å². The van der Waals surface area contributed by atoms with Crippen LogP contribution in [0.2, 0.25) is 0 Å². The highest BCUT2D eigenvalue weighted by molar-refractivity contribution is 7.92. The van der Waals surface area contributed by atoms with Crippen LogP contribution in [0.5, 0.6) is 17.2 Å². The maximum atomic E-state index is 12.8. The van der Waals surface area contributed by atoms with E-state index in [0.29, 0.717) is 22.8 Å². The van der Waals surface area contributed by atoms with Crippen LogP contribution >= 0.6 is 0 Å². The van der Waals surface area contributed by atoms with E-state index in [1.54, 1.807) is 42.5 Å². The molecule has 1 heterocycles. The third-order valence-electron chi connectivity index (χ3n) is 4.53. The van der Waals surface area contributed by atoms with Crippen molar-refractivity contribution in [2.24, 2.45) is 5.10 Å². The molecule has 1 aliphatic heterocycles. The van der Waals surface area contributed by atoms with E-state index in [2.05, 4.69) is 15.2 Å². The van der Waals surface area contributed by atoms with Crippen molar-refractivity contribution in [3.8, 4) is 17.2 Å². The van der Waals surface area contributed by atoms with E-state index in [0.717, 1.165) is 0 Å². The van der Waals surface area contributed by atoms with Crippen molar-refractivity contribution in [1.29, 1.82) is 0 Å². The van der Waals surface area contributed by atoms with Gasteiger partial charge < -0.3 is 14.2 Å². The van der Waals surface area contributed by atoms with Gasteiger partial charge in [0.2, 0.25) is 6.79 Å². The third-order valence-corrected chi connectivity index (χ3v) is 5.90. The van der Waals surface area contributed by atoms with E-state index in [1.807, 2.05) is 0 Å². The molecule has 164 valence electrons. The summed E-state index contributed by atoms with van der Waals surface area (Å²) in [6, 6.07) is 17.5. The molecule has 4 rings (SSSR count). The molecular weight excluding hydrogens is 434 g/mol. The number of methoxy groups -OCH3 is 1. The maximum Gasteiger partial charge on any atom is 0.271 e. The minimum Gasteiger partial charge on any atom is -0.495 e. The number of hydrogen-bond donors (Lipinski definition) is 2. The number of carbonyl (C=O) groups is 1. The van der Waals surface area contributed by atoms with Crippen molar-refractivity contribution in [1.82, 2.24) is 5.43 Å². The first-order valence-corrected chi connectivity index (χ1v) is 10.9. The normalized spacial score (nSPS) is 12.5. The summed E-state index contributed by atoms with van der Waals surface area (Å²) in [6.07, 6.45) is 1.45. The largest absolute Gasteiger partial charge is 0.495 e. The Morgan fingerprint density at radius 2 is 1.84 bits per heavy atom. The van der Waals surface area contributed by atoms with Crippen LogP contribution in [0.1, 0.15) is 15.9 Å². The summed E-state index contributed by atoms with van der Waals surface area (Å²) < 4.78 is 43.8. The minimum absolute atomic E-state index is 0.0733. The molecule has 3 aromatic rings. The van der Waals surface area contributed by atoms with E-state index in [-0.39, 0.29) is 22.9 Å². The van der Waals surface area contributed by atoms with Gasteiger partial charge in [-0.3, -0.25) is 9.52 Å². The number of fused-ring (bicyclic) bond motifs is 1. The summed E-state index contributed by atoms with van der Waals surface area (Å²) in [5.74, 6) is 1.06. The van der Waals surface area contributed by atoms with Gasteiger partial charge in [-0.2, -0.15) is 5.10 Å². The van der Waals surface area contributed by atoms with Crippen LogP contribution in [0, 0.1) is 0 Å². The van der Waals surface area contributed by atoms with Crippen molar-refractivity contribution in [2.45, 2.75) is 4.90 Å². The Labute approximate surface area is 184 Å². The lowest BCUT2D eigenvalue weighted by molar-refractivity contribution is 0.0955. The number of sulfonamides is 1. The predicted molar refractivity (Wildman–Crippen MR) is 118 cm³/mol. The van der Waals surface area contributed by atoms with Crippen LogP contribution < -0.4 is 24.4 Å². The van der Waals surface area contributed by atoms with E-state index in [4.69, 9.17) is 14.2 Å². The van der Waals surface area contributed by atoms with Crippen molar-refractivity contribution in [3.05, 3.63) is 77.9 Å². The summed E-state index contributed by atoms with van der Waals surface area (Å²) in [4.78, 5) is 12.4. The zero-order valence-corrected chi connectivity index (χ0v) is 17.8. The molecule has 0 atom stereocenters. The smallest absolute Gasteiger partial charge is 0.271 e. The molecule has 0 unspecified atom stereocenters. The predicted octanol–water partition coefficient (Wildman–Crippen LogP) is 2.99. The Kier molecular flexibility index (Phi) is 5.95. The zero-order valence-electron chi connectivity index (χ0n) is 16.9. The molecule has 0 aliphatic carbocycles. The van der Waals surface area contributed by atoms with E-state index in [9.17, 15) is 13.2 Å². The van der Waals surface area contributed by atoms with Crippen molar-refractivity contribution in [3.63, 3.8) is 0 Å². The van der Waals surface area contributed by atoms with Crippen LogP contribution in [0.25, 0.3) is 0 Å². The lowest BCUT2D eigenvalue weighted by atomic mass is 10.2. The van der Waals surface area contributed by atoms with Crippen LogP contribution in [-0.4, -0.2) is 34.4 Å². The monoisotopic (exact) mass is 453 g/mol. The quantitative estimate of drug-likeness (QED) is 0.420. The molecule has 2 N–H and O–H groups in total. The minimum atomic E-state index is -3.95. The molecule has 3 aromatic carbocycles. The molecular formula is C22H19N3O6S. The molecule has 10 heteroatoms. The van der Waals surface area contributed by atoms with Gasteiger partial charge in [0.15, 0.2) is 11.5 Å². The average Bonchev–Trinajstić information content (AvgIpc) is 3.27. The molecule has 0 saturated carbocycles. The first kappa shape index (κ1) is 21.2. The van der Waals surface area contributed by atoms with E-state index < -0.39 is 15.9 Å². The van der Waals surface area contributed by atoms with Crippen LogP contribution in [0.4, 0.5) is 5.69 Å². The number of amides is 1. The summed E-state index contributed by atoms with van der Waals surface area (Å²) in [5.41, 5.74) is 3.51. The molecule has 0 saturated heterocycles. The molecule has 0 bridgehead atoms. The van der Waals surface area contributed by atoms with Gasteiger partial charge in [-0.25, -0.2) is 13.8 Å². The highest BCUT2D eigenvalue weighted by atomic mass is 32.2. The molecule has 0 spiro atoms. The molecule has 32 heavy (non-hydrogen) atoms. The maximum absolute atomic E-state index is 12.8. The number of carbonyl (C=O) groups excluding carboxylic acids is 1. The van der Waals surface area contributed by atoms with Gasteiger partial charge >= 0.3 is 0 Å². The molecule has 1 aliphatic rings. The molecule has 0 aromatic heterocycles. The summed E-state index contributed by atoms with van der Waals surface area (Å²) >= 11 is 0. The molecule has 0 radical (unpaired) electrons. The first-order valence-electron chi connectivity index (χ1n) is 9.45. The number of nitrogens with one attached hydrogen (secondary N) is 2. The van der Waals surface area contributed by atoms with Gasteiger partial charge in [-0.1, -0.05) is 18.2 Å². The fraction of sp³-hybridized carbons (Fsp3) is 0.0909. The Hall–Kier alpha value is -4.05. The van der Waals surface area contributed by atoms with Gasteiger partial charge in [-0.15, -0.1) is 0 Å². The third kappa shape index (κ3) is 4.65. The molecule has 1 amide bonds. The SMILES string of the molecule is COc1ccccc1NS(=O)(=O)c1cccc(C(=O)NN=Cc2ccc3c(c2)OCO3)c1. The Morgan fingerprint density at radius 1 is 1.03 bits per heavy atom. The van der Waals surface area contributed by atoms with Gasteiger partial charge in [-0.05, 0) is 54.1 Å². The Balaban J connectivity index is 1.46. The van der Waals surface area contributed by atoms with Crippen molar-refractivity contribution >= 4 is 27.8 Å². The lowest BCUT2D eigenvalue weighted by Crippen LogP contribution is -2.19. The number of anilines is 1. The van der Waals surface area contributed by atoms with E-state index in [1.165, 1.54) is 37.6 Å². The Bertz CT molecular complexity index is 1290. The summed E-state index contributed by atoms with van der Waals surface area (Å²) in [5, 5.41) is 3.92. The number of benzene rings is 3. The van der Waals surface area contributed by atoms with Gasteiger partial charge in [0.05, 0.1) is 23.9 Å². The fourth-order valence-corrected chi connectivity index (χ4v) is 4.08. The number of ether oxygens (including phenoxy) is 3. The number of hydrazone groups is 1. The van der Waals surface area contributed by atoms with Crippen LogP contribution in [0.3, 0.4) is 0 Å².